The Hall–Kier alpha value is -3.41. The number of carbonyl (C=O) groups excluding carboxylic acids is 1. The summed E-state index contributed by atoms with van der Waals surface area (Å²) in [5.41, 5.74) is 1.94. The Balaban J connectivity index is 1.65. The predicted octanol–water partition coefficient (Wildman–Crippen LogP) is 4.39. The van der Waals surface area contributed by atoms with Gasteiger partial charge in [0.2, 0.25) is 0 Å². The van der Waals surface area contributed by atoms with Crippen molar-refractivity contribution < 1.29 is 9.53 Å². The molecule has 0 spiro atoms. The van der Waals surface area contributed by atoms with Gasteiger partial charge in [-0.25, -0.2) is 9.97 Å². The average molecular weight is 388 g/mol. The summed E-state index contributed by atoms with van der Waals surface area (Å²) in [7, 11) is 1.61. The summed E-state index contributed by atoms with van der Waals surface area (Å²) in [5, 5.41) is 2.92. The van der Waals surface area contributed by atoms with E-state index in [2.05, 4.69) is 15.2 Å². The fourth-order valence-corrected chi connectivity index (χ4v) is 3.42. The van der Waals surface area contributed by atoms with E-state index in [9.17, 15) is 4.79 Å². The molecule has 1 amide bonds. The van der Waals surface area contributed by atoms with Gasteiger partial charge in [-0.05, 0) is 43.5 Å². The van der Waals surface area contributed by atoms with Gasteiger partial charge in [0.05, 0.1) is 7.11 Å². The van der Waals surface area contributed by atoms with Crippen LogP contribution in [0.15, 0.2) is 60.7 Å². The van der Waals surface area contributed by atoms with Gasteiger partial charge in [0.15, 0.2) is 5.82 Å². The molecule has 6 heteroatoms. The zero-order valence-corrected chi connectivity index (χ0v) is 16.5. The van der Waals surface area contributed by atoms with Crippen molar-refractivity contribution in [2.75, 3.05) is 30.4 Å². The molecule has 1 aliphatic heterocycles. The Morgan fingerprint density at radius 1 is 0.966 bits per heavy atom. The Bertz CT molecular complexity index is 968. The van der Waals surface area contributed by atoms with E-state index < -0.39 is 0 Å². The van der Waals surface area contributed by atoms with Crippen LogP contribution in [0.25, 0.3) is 11.4 Å². The van der Waals surface area contributed by atoms with Crippen LogP contribution in [-0.2, 0) is 0 Å². The smallest absolute Gasteiger partial charge is 0.274 e. The Morgan fingerprint density at radius 3 is 2.38 bits per heavy atom. The molecule has 4 rings (SSSR count). The second-order valence-corrected chi connectivity index (χ2v) is 7.03. The third-order valence-electron chi connectivity index (χ3n) is 5.01. The number of aromatic nitrogens is 2. The highest BCUT2D eigenvalue weighted by Crippen LogP contribution is 2.24. The number of methoxy groups -OCH3 is 1. The molecule has 0 bridgehead atoms. The van der Waals surface area contributed by atoms with Crippen LogP contribution in [0.3, 0.4) is 0 Å². The molecule has 6 nitrogen and oxygen atoms in total. The molecule has 2 aromatic carbocycles. The third-order valence-corrected chi connectivity index (χ3v) is 5.01. The first-order valence-electron chi connectivity index (χ1n) is 9.88. The fourth-order valence-electron chi connectivity index (χ4n) is 3.42. The summed E-state index contributed by atoms with van der Waals surface area (Å²) in [5.74, 6) is 1.85. The van der Waals surface area contributed by atoms with Crippen molar-refractivity contribution in [1.29, 1.82) is 0 Å². The maximum Gasteiger partial charge on any atom is 0.274 e. The van der Waals surface area contributed by atoms with E-state index in [0.29, 0.717) is 17.2 Å². The van der Waals surface area contributed by atoms with Gasteiger partial charge in [-0.2, -0.15) is 0 Å². The summed E-state index contributed by atoms with van der Waals surface area (Å²) < 4.78 is 5.17. The van der Waals surface area contributed by atoms with Gasteiger partial charge in [0, 0.05) is 30.4 Å². The lowest BCUT2D eigenvalue weighted by molar-refractivity contribution is 0.102. The average Bonchev–Trinajstić information content (AvgIpc) is 2.80. The Labute approximate surface area is 170 Å². The van der Waals surface area contributed by atoms with Gasteiger partial charge in [-0.1, -0.05) is 30.3 Å². The zero-order chi connectivity index (χ0) is 20.1. The molecule has 2 heterocycles. The summed E-state index contributed by atoms with van der Waals surface area (Å²) in [6.45, 7) is 1.90. The van der Waals surface area contributed by atoms with Crippen LogP contribution in [0.1, 0.15) is 29.8 Å². The maximum atomic E-state index is 12.9. The van der Waals surface area contributed by atoms with Gasteiger partial charge >= 0.3 is 0 Å². The number of hydrogen-bond acceptors (Lipinski definition) is 5. The van der Waals surface area contributed by atoms with Gasteiger partial charge in [0.1, 0.15) is 17.3 Å². The van der Waals surface area contributed by atoms with Gasteiger partial charge < -0.3 is 15.0 Å². The van der Waals surface area contributed by atoms with Crippen molar-refractivity contribution in [2.24, 2.45) is 0 Å². The number of benzene rings is 2. The van der Waals surface area contributed by atoms with E-state index in [4.69, 9.17) is 9.72 Å². The van der Waals surface area contributed by atoms with Crippen molar-refractivity contribution in [1.82, 2.24) is 9.97 Å². The van der Waals surface area contributed by atoms with Crippen LogP contribution in [0, 0.1) is 0 Å². The normalized spacial score (nSPS) is 13.8. The molecule has 1 saturated heterocycles. The zero-order valence-electron chi connectivity index (χ0n) is 16.5. The Kier molecular flexibility index (Phi) is 5.70. The van der Waals surface area contributed by atoms with E-state index in [0.717, 1.165) is 43.1 Å². The highest BCUT2D eigenvalue weighted by atomic mass is 16.5. The van der Waals surface area contributed by atoms with E-state index in [1.54, 1.807) is 13.2 Å². The molecule has 148 valence electrons. The van der Waals surface area contributed by atoms with Crippen LogP contribution in [0.5, 0.6) is 5.75 Å². The molecule has 0 radical (unpaired) electrons. The molecule has 1 N–H and O–H groups in total. The fraction of sp³-hybridized carbons (Fsp3) is 0.261. The van der Waals surface area contributed by atoms with Gasteiger partial charge in [0.25, 0.3) is 5.91 Å². The van der Waals surface area contributed by atoms with Crippen molar-refractivity contribution in [3.8, 4) is 17.1 Å². The second kappa shape index (κ2) is 8.73. The number of piperidine rings is 1. The van der Waals surface area contributed by atoms with E-state index in [-0.39, 0.29) is 5.91 Å². The van der Waals surface area contributed by atoms with Crippen molar-refractivity contribution >= 4 is 17.4 Å². The molecular weight excluding hydrogens is 364 g/mol. The summed E-state index contributed by atoms with van der Waals surface area (Å²) in [6, 6.07) is 18.8. The minimum Gasteiger partial charge on any atom is -0.497 e. The van der Waals surface area contributed by atoms with E-state index >= 15 is 0 Å². The van der Waals surface area contributed by atoms with Crippen LogP contribution >= 0.6 is 0 Å². The molecule has 29 heavy (non-hydrogen) atoms. The lowest BCUT2D eigenvalue weighted by atomic mass is 10.1. The molecule has 1 aliphatic rings. The molecule has 0 atom stereocenters. The number of anilines is 2. The number of ether oxygens (including phenoxy) is 1. The van der Waals surface area contributed by atoms with Crippen molar-refractivity contribution in [2.45, 2.75) is 19.3 Å². The Morgan fingerprint density at radius 2 is 1.69 bits per heavy atom. The molecule has 3 aromatic rings. The number of carbonyl (C=O) groups is 1. The number of nitrogens with zero attached hydrogens (tertiary/aromatic N) is 3. The molecular formula is C23H24N4O2. The lowest BCUT2D eigenvalue weighted by Gasteiger charge is -2.28. The molecule has 1 fully saturated rings. The monoisotopic (exact) mass is 388 g/mol. The van der Waals surface area contributed by atoms with Crippen LogP contribution in [0.2, 0.25) is 0 Å². The number of amides is 1. The lowest BCUT2D eigenvalue weighted by Crippen LogP contribution is -2.30. The highest BCUT2D eigenvalue weighted by molar-refractivity contribution is 6.03. The second-order valence-electron chi connectivity index (χ2n) is 7.03. The van der Waals surface area contributed by atoms with E-state index in [1.807, 2.05) is 54.6 Å². The van der Waals surface area contributed by atoms with Crippen LogP contribution in [0.4, 0.5) is 11.5 Å². The number of rotatable bonds is 5. The SMILES string of the molecule is COc1ccc(NC(=O)c2cc(N3CCCCC3)nc(-c3ccccc3)n2)cc1. The van der Waals surface area contributed by atoms with Gasteiger partial charge in [-0.15, -0.1) is 0 Å². The van der Waals surface area contributed by atoms with Crippen molar-refractivity contribution in [3.63, 3.8) is 0 Å². The quantitative estimate of drug-likeness (QED) is 0.702. The first-order valence-corrected chi connectivity index (χ1v) is 9.88. The molecule has 0 unspecified atom stereocenters. The van der Waals surface area contributed by atoms with Crippen LogP contribution < -0.4 is 15.0 Å². The largest absolute Gasteiger partial charge is 0.497 e. The minimum absolute atomic E-state index is 0.256. The van der Waals surface area contributed by atoms with Crippen molar-refractivity contribution in [3.05, 3.63) is 66.4 Å². The molecule has 0 saturated carbocycles. The topological polar surface area (TPSA) is 67.3 Å². The minimum atomic E-state index is -0.256. The summed E-state index contributed by atoms with van der Waals surface area (Å²) >= 11 is 0. The number of hydrogen-bond donors (Lipinski definition) is 1. The van der Waals surface area contributed by atoms with Gasteiger partial charge in [-0.3, -0.25) is 4.79 Å². The standard InChI is InChI=1S/C23H24N4O2/c1-29-19-12-10-18(11-13-19)24-23(28)20-16-21(27-14-6-3-7-15-27)26-22(25-20)17-8-4-2-5-9-17/h2,4-5,8-13,16H,3,6-7,14-15H2,1H3,(H,24,28). The first-order chi connectivity index (χ1) is 14.2. The maximum absolute atomic E-state index is 12.9. The highest BCUT2D eigenvalue weighted by Gasteiger charge is 2.18. The summed E-state index contributed by atoms with van der Waals surface area (Å²) in [4.78, 5) is 24.5. The first kappa shape index (κ1) is 18.9. The molecule has 1 aromatic heterocycles. The van der Waals surface area contributed by atoms with Crippen LogP contribution in [-0.4, -0.2) is 36.1 Å². The number of nitrogens with one attached hydrogen (secondary N) is 1. The summed E-state index contributed by atoms with van der Waals surface area (Å²) in [6.07, 6.45) is 3.51. The molecule has 0 aliphatic carbocycles. The van der Waals surface area contributed by atoms with E-state index in [1.165, 1.54) is 6.42 Å². The third kappa shape index (κ3) is 4.54. The predicted molar refractivity (Wildman–Crippen MR) is 114 cm³/mol.